The van der Waals surface area contributed by atoms with Gasteiger partial charge in [0.1, 0.15) is 0 Å². The predicted molar refractivity (Wildman–Crippen MR) is 125 cm³/mol. The van der Waals surface area contributed by atoms with E-state index in [-0.39, 0.29) is 29.5 Å². The average Bonchev–Trinajstić information content (AvgIpc) is 3.42. The molecule has 7 heteroatoms. The number of piperidine rings is 1. The van der Waals surface area contributed by atoms with Gasteiger partial charge in [0.25, 0.3) is 0 Å². The Hall–Kier alpha value is -2.70. The number of ether oxygens (including phenoxy) is 1. The molecule has 1 saturated carbocycles. The van der Waals surface area contributed by atoms with Crippen LogP contribution in [0.2, 0.25) is 5.02 Å². The van der Waals surface area contributed by atoms with E-state index in [1.807, 2.05) is 6.07 Å². The molecule has 3 aliphatic rings. The zero-order valence-corrected chi connectivity index (χ0v) is 19.3. The van der Waals surface area contributed by atoms with Crippen LogP contribution < -0.4 is 4.90 Å². The molecule has 4 atom stereocenters. The minimum absolute atomic E-state index is 0.127. The highest BCUT2D eigenvalue weighted by Crippen LogP contribution is 2.43. The van der Waals surface area contributed by atoms with E-state index in [2.05, 4.69) is 29.2 Å². The van der Waals surface area contributed by atoms with Crippen molar-refractivity contribution in [2.75, 3.05) is 18.1 Å². The van der Waals surface area contributed by atoms with Gasteiger partial charge in [-0.05, 0) is 42.5 Å². The summed E-state index contributed by atoms with van der Waals surface area (Å²) in [6, 6.07) is 15.4. The molecule has 2 heterocycles. The van der Waals surface area contributed by atoms with Crippen LogP contribution in [-0.2, 0) is 20.9 Å². The fourth-order valence-electron chi connectivity index (χ4n) is 5.64. The number of carbonyl (C=O) groups excluding carboxylic acids is 3. The molecule has 2 bridgehead atoms. The number of benzene rings is 2. The number of carbonyl (C=O) groups is 3. The highest BCUT2D eigenvalue weighted by atomic mass is 35.5. The Morgan fingerprint density at radius 1 is 1.12 bits per heavy atom. The van der Waals surface area contributed by atoms with Crippen LogP contribution in [0.3, 0.4) is 0 Å². The molecule has 1 aliphatic carbocycles. The summed E-state index contributed by atoms with van der Waals surface area (Å²) < 4.78 is 5.77. The Labute approximate surface area is 198 Å². The minimum Gasteiger partial charge on any atom is -0.462 e. The zero-order valence-electron chi connectivity index (χ0n) is 18.6. The van der Waals surface area contributed by atoms with Gasteiger partial charge >= 0.3 is 5.97 Å². The summed E-state index contributed by atoms with van der Waals surface area (Å²) in [7, 11) is 0. The van der Waals surface area contributed by atoms with E-state index in [0.717, 1.165) is 30.8 Å². The smallest absolute Gasteiger partial charge is 0.340 e. The number of anilines is 1. The Balaban J connectivity index is 1.28. The maximum atomic E-state index is 13.1. The van der Waals surface area contributed by atoms with Crippen LogP contribution in [-0.4, -0.2) is 41.9 Å². The highest BCUT2D eigenvalue weighted by Gasteiger charge is 2.47. The van der Waals surface area contributed by atoms with Gasteiger partial charge in [0.05, 0.1) is 17.9 Å². The highest BCUT2D eigenvalue weighted by molar-refractivity contribution is 6.32. The van der Waals surface area contributed by atoms with E-state index in [1.54, 1.807) is 13.0 Å². The standard InChI is InChI=1S/C26H27ClN2O4/c1-16-11-24(30)29(25(16)31)23-12-19(27)8-9-20(23)26(32)33-15-21-18-7-10-22(21)28(14-18)13-17-5-3-2-4-6-17/h2-6,8-9,12,16,18,21-22H,7,10-11,13-15H2,1H3. The van der Waals surface area contributed by atoms with Gasteiger partial charge in [0, 0.05) is 42.4 Å². The lowest BCUT2D eigenvalue weighted by Gasteiger charge is -2.27. The van der Waals surface area contributed by atoms with Crippen molar-refractivity contribution in [3.63, 3.8) is 0 Å². The third-order valence-corrected chi connectivity index (χ3v) is 7.53. The van der Waals surface area contributed by atoms with Gasteiger partial charge in [-0.15, -0.1) is 0 Å². The van der Waals surface area contributed by atoms with Crippen molar-refractivity contribution in [3.8, 4) is 0 Å². The van der Waals surface area contributed by atoms with E-state index in [9.17, 15) is 14.4 Å². The third kappa shape index (κ3) is 4.18. The number of likely N-dealkylation sites (tertiary alicyclic amines) is 1. The lowest BCUT2D eigenvalue weighted by Crippen LogP contribution is -2.34. The summed E-state index contributed by atoms with van der Waals surface area (Å²) in [5, 5.41) is 0.354. The number of esters is 1. The first-order chi connectivity index (χ1) is 15.9. The van der Waals surface area contributed by atoms with Crippen LogP contribution in [0.1, 0.15) is 42.1 Å². The fraction of sp³-hybridized carbons (Fsp3) is 0.423. The molecule has 172 valence electrons. The summed E-state index contributed by atoms with van der Waals surface area (Å²) >= 11 is 6.13. The van der Waals surface area contributed by atoms with Gasteiger partial charge in [0.2, 0.25) is 11.8 Å². The van der Waals surface area contributed by atoms with E-state index >= 15 is 0 Å². The van der Waals surface area contributed by atoms with Crippen molar-refractivity contribution in [1.29, 1.82) is 0 Å². The molecule has 0 radical (unpaired) electrons. The van der Waals surface area contributed by atoms with Crippen molar-refractivity contribution in [3.05, 3.63) is 64.7 Å². The molecule has 2 saturated heterocycles. The van der Waals surface area contributed by atoms with Gasteiger partial charge in [-0.25, -0.2) is 9.69 Å². The van der Waals surface area contributed by atoms with Gasteiger partial charge in [-0.1, -0.05) is 48.9 Å². The Morgan fingerprint density at radius 2 is 1.91 bits per heavy atom. The number of halogens is 1. The summed E-state index contributed by atoms with van der Waals surface area (Å²) in [4.78, 5) is 41.6. The lowest BCUT2D eigenvalue weighted by atomic mass is 9.99. The molecule has 2 aromatic carbocycles. The molecule has 2 amide bonds. The maximum absolute atomic E-state index is 13.1. The van der Waals surface area contributed by atoms with Crippen molar-refractivity contribution >= 4 is 35.1 Å². The quantitative estimate of drug-likeness (QED) is 0.469. The van der Waals surface area contributed by atoms with E-state index < -0.39 is 11.9 Å². The molecule has 4 unspecified atom stereocenters. The number of imide groups is 1. The lowest BCUT2D eigenvalue weighted by molar-refractivity contribution is -0.122. The van der Waals surface area contributed by atoms with Crippen LogP contribution in [0, 0.1) is 17.8 Å². The Morgan fingerprint density at radius 3 is 2.64 bits per heavy atom. The number of nitrogens with zero attached hydrogens (tertiary/aromatic N) is 2. The Bertz CT molecular complexity index is 1090. The third-order valence-electron chi connectivity index (χ3n) is 7.30. The second-order valence-corrected chi connectivity index (χ2v) is 9.85. The topological polar surface area (TPSA) is 66.9 Å². The maximum Gasteiger partial charge on any atom is 0.340 e. The normalized spacial score (nSPS) is 26.9. The second kappa shape index (κ2) is 8.92. The van der Waals surface area contributed by atoms with Crippen LogP contribution in [0.15, 0.2) is 48.5 Å². The van der Waals surface area contributed by atoms with Crippen molar-refractivity contribution < 1.29 is 19.1 Å². The molecular weight excluding hydrogens is 440 g/mol. The van der Waals surface area contributed by atoms with Crippen molar-refractivity contribution in [2.24, 2.45) is 17.8 Å². The molecule has 5 rings (SSSR count). The van der Waals surface area contributed by atoms with E-state index in [4.69, 9.17) is 16.3 Å². The first kappa shape index (κ1) is 22.1. The first-order valence-electron chi connectivity index (χ1n) is 11.5. The van der Waals surface area contributed by atoms with Crippen LogP contribution >= 0.6 is 11.6 Å². The summed E-state index contributed by atoms with van der Waals surface area (Å²) in [6.45, 7) is 3.97. The SMILES string of the molecule is CC1CC(=O)N(c2cc(Cl)ccc2C(=O)OCC2C3CCC2N(Cc2ccccc2)C3)C1=O. The minimum atomic E-state index is -0.525. The number of rotatable bonds is 6. The summed E-state index contributed by atoms with van der Waals surface area (Å²) in [6.07, 6.45) is 2.39. The monoisotopic (exact) mass is 466 g/mol. The predicted octanol–water partition coefficient (Wildman–Crippen LogP) is 4.31. The largest absolute Gasteiger partial charge is 0.462 e. The van der Waals surface area contributed by atoms with Gasteiger partial charge < -0.3 is 4.74 Å². The van der Waals surface area contributed by atoms with Crippen molar-refractivity contribution in [2.45, 2.75) is 38.8 Å². The molecule has 33 heavy (non-hydrogen) atoms. The molecule has 3 fully saturated rings. The molecule has 0 aromatic heterocycles. The second-order valence-electron chi connectivity index (χ2n) is 9.42. The summed E-state index contributed by atoms with van der Waals surface area (Å²) in [5.74, 6) is -0.772. The fourth-order valence-corrected chi connectivity index (χ4v) is 5.81. The zero-order chi connectivity index (χ0) is 23.1. The first-order valence-corrected chi connectivity index (χ1v) is 11.9. The molecule has 0 spiro atoms. The van der Waals surface area contributed by atoms with Gasteiger partial charge in [-0.2, -0.15) is 0 Å². The van der Waals surface area contributed by atoms with E-state index in [1.165, 1.54) is 17.7 Å². The summed E-state index contributed by atoms with van der Waals surface area (Å²) in [5.41, 5.74) is 1.70. The molecule has 2 aromatic rings. The Kier molecular flexibility index (Phi) is 5.97. The van der Waals surface area contributed by atoms with Crippen molar-refractivity contribution in [1.82, 2.24) is 4.90 Å². The van der Waals surface area contributed by atoms with Gasteiger partial charge in [-0.3, -0.25) is 14.5 Å². The average molecular weight is 467 g/mol. The molecule has 6 nitrogen and oxygen atoms in total. The number of hydrogen-bond donors (Lipinski definition) is 0. The number of amides is 2. The molecular formula is C26H27ClN2O4. The molecule has 0 N–H and O–H groups in total. The van der Waals surface area contributed by atoms with Crippen LogP contribution in [0.4, 0.5) is 5.69 Å². The van der Waals surface area contributed by atoms with Gasteiger partial charge in [0.15, 0.2) is 0 Å². The van der Waals surface area contributed by atoms with Crippen LogP contribution in [0.5, 0.6) is 0 Å². The number of fused-ring (bicyclic) bond motifs is 2. The van der Waals surface area contributed by atoms with E-state index in [0.29, 0.717) is 29.5 Å². The molecule has 2 aliphatic heterocycles. The van der Waals surface area contributed by atoms with Crippen LogP contribution in [0.25, 0.3) is 0 Å². The number of hydrogen-bond acceptors (Lipinski definition) is 5.